The SMILES string of the molecule is Cc1cc(C)c(-c2ccc3[nH]c4c(-c5nc6ccccc6s5)cc(-c5c(C)cc(C)cc5C)cc4c3c2)c(C)c1. The third-order valence-corrected chi connectivity index (χ3v) is 9.23. The Morgan fingerprint density at radius 2 is 1.20 bits per heavy atom. The topological polar surface area (TPSA) is 28.7 Å². The van der Waals surface area contributed by atoms with Gasteiger partial charge in [0.1, 0.15) is 5.01 Å². The standard InChI is InChI=1S/C37H32N2S/c1-20-13-22(3)34(23(4)14-20)26-11-12-31-28(17-26)29-18-27(35-24(5)15-21(2)16-25(35)6)19-30(36(29)38-31)37-39-32-9-7-8-10-33(32)40-37/h7-19,38H,1-6H3. The maximum atomic E-state index is 5.09. The second kappa shape index (κ2) is 9.18. The van der Waals surface area contributed by atoms with Gasteiger partial charge in [0.25, 0.3) is 0 Å². The number of hydrogen-bond donors (Lipinski definition) is 1. The van der Waals surface area contributed by atoms with Gasteiger partial charge in [0, 0.05) is 21.9 Å². The van der Waals surface area contributed by atoms with E-state index in [1.54, 1.807) is 11.3 Å². The Labute approximate surface area is 239 Å². The highest BCUT2D eigenvalue weighted by atomic mass is 32.1. The molecule has 0 radical (unpaired) electrons. The second-order valence-electron chi connectivity index (χ2n) is 11.4. The third kappa shape index (κ3) is 3.96. The summed E-state index contributed by atoms with van der Waals surface area (Å²) in [6.45, 7) is 13.3. The number of H-pyrrole nitrogens is 1. The lowest BCUT2D eigenvalue weighted by atomic mass is 9.90. The third-order valence-electron chi connectivity index (χ3n) is 8.16. The lowest BCUT2D eigenvalue weighted by molar-refractivity contribution is 1.32. The van der Waals surface area contributed by atoms with E-state index in [4.69, 9.17) is 4.98 Å². The first-order chi connectivity index (χ1) is 19.3. The van der Waals surface area contributed by atoms with Crippen molar-refractivity contribution in [3.8, 4) is 32.8 Å². The molecule has 196 valence electrons. The number of aromatic nitrogens is 2. The molecule has 2 nitrogen and oxygen atoms in total. The summed E-state index contributed by atoms with van der Waals surface area (Å²) in [5.41, 5.74) is 17.5. The number of nitrogens with one attached hydrogen (secondary N) is 1. The summed E-state index contributed by atoms with van der Waals surface area (Å²) in [6, 6.07) is 29.2. The van der Waals surface area contributed by atoms with Crippen molar-refractivity contribution in [2.24, 2.45) is 0 Å². The zero-order valence-electron chi connectivity index (χ0n) is 23.9. The molecule has 5 aromatic carbocycles. The van der Waals surface area contributed by atoms with Gasteiger partial charge in [-0.3, -0.25) is 0 Å². The quantitative estimate of drug-likeness (QED) is 0.239. The molecular formula is C37H32N2S. The van der Waals surface area contributed by atoms with Gasteiger partial charge in [-0.2, -0.15) is 0 Å². The van der Waals surface area contributed by atoms with Crippen LogP contribution in [0.25, 0.3) is 64.8 Å². The summed E-state index contributed by atoms with van der Waals surface area (Å²) < 4.78 is 1.21. The van der Waals surface area contributed by atoms with Crippen LogP contribution < -0.4 is 0 Å². The van der Waals surface area contributed by atoms with Crippen LogP contribution in [-0.4, -0.2) is 9.97 Å². The maximum absolute atomic E-state index is 5.09. The molecule has 0 saturated heterocycles. The summed E-state index contributed by atoms with van der Waals surface area (Å²) in [5.74, 6) is 0. The Kier molecular flexibility index (Phi) is 5.69. The van der Waals surface area contributed by atoms with Crippen LogP contribution in [-0.2, 0) is 0 Å². The largest absolute Gasteiger partial charge is 0.354 e. The molecule has 0 aliphatic rings. The van der Waals surface area contributed by atoms with Gasteiger partial charge in [0.05, 0.1) is 15.7 Å². The zero-order chi connectivity index (χ0) is 27.7. The Bertz CT molecular complexity index is 2040. The van der Waals surface area contributed by atoms with Crippen molar-refractivity contribution in [3.63, 3.8) is 0 Å². The number of nitrogens with zero attached hydrogens (tertiary/aromatic N) is 1. The number of aromatic amines is 1. The van der Waals surface area contributed by atoms with E-state index in [1.807, 2.05) is 0 Å². The monoisotopic (exact) mass is 536 g/mol. The first-order valence-electron chi connectivity index (χ1n) is 13.9. The van der Waals surface area contributed by atoms with Crippen LogP contribution in [0.3, 0.4) is 0 Å². The molecule has 0 amide bonds. The number of hydrogen-bond acceptors (Lipinski definition) is 2. The fourth-order valence-electron chi connectivity index (χ4n) is 6.73. The van der Waals surface area contributed by atoms with E-state index in [9.17, 15) is 0 Å². The van der Waals surface area contributed by atoms with E-state index in [2.05, 4.69) is 125 Å². The van der Waals surface area contributed by atoms with Crippen molar-refractivity contribution in [3.05, 3.63) is 112 Å². The fourth-order valence-corrected chi connectivity index (χ4v) is 7.71. The lowest BCUT2D eigenvalue weighted by Gasteiger charge is -2.14. The van der Waals surface area contributed by atoms with E-state index >= 15 is 0 Å². The summed E-state index contributed by atoms with van der Waals surface area (Å²) in [5, 5.41) is 3.54. The van der Waals surface area contributed by atoms with Crippen LogP contribution in [0.5, 0.6) is 0 Å². The molecule has 0 saturated carbocycles. The second-order valence-corrected chi connectivity index (χ2v) is 12.4. The van der Waals surface area contributed by atoms with E-state index < -0.39 is 0 Å². The van der Waals surface area contributed by atoms with Crippen molar-refractivity contribution in [2.45, 2.75) is 41.5 Å². The average Bonchev–Trinajstić information content (AvgIpc) is 3.48. The molecule has 0 aliphatic heterocycles. The predicted molar refractivity (Wildman–Crippen MR) is 174 cm³/mol. The van der Waals surface area contributed by atoms with Crippen molar-refractivity contribution in [1.82, 2.24) is 9.97 Å². The lowest BCUT2D eigenvalue weighted by Crippen LogP contribution is -1.92. The van der Waals surface area contributed by atoms with Crippen molar-refractivity contribution in [2.75, 3.05) is 0 Å². The van der Waals surface area contributed by atoms with Crippen LogP contribution >= 0.6 is 11.3 Å². The van der Waals surface area contributed by atoms with Gasteiger partial charge in [-0.25, -0.2) is 4.98 Å². The van der Waals surface area contributed by atoms with E-state index in [-0.39, 0.29) is 0 Å². The number of thiazole rings is 1. The molecule has 0 bridgehead atoms. The summed E-state index contributed by atoms with van der Waals surface area (Å²) in [6.07, 6.45) is 0. The van der Waals surface area contributed by atoms with Crippen LogP contribution in [0.15, 0.2) is 78.9 Å². The Balaban J connectivity index is 1.55. The number of para-hydroxylation sites is 1. The Morgan fingerprint density at radius 3 is 1.85 bits per heavy atom. The maximum Gasteiger partial charge on any atom is 0.126 e. The number of fused-ring (bicyclic) bond motifs is 4. The normalized spacial score (nSPS) is 11.8. The van der Waals surface area contributed by atoms with Crippen molar-refractivity contribution < 1.29 is 0 Å². The highest BCUT2D eigenvalue weighted by Gasteiger charge is 2.18. The molecule has 7 rings (SSSR count). The van der Waals surface area contributed by atoms with Crippen molar-refractivity contribution >= 4 is 43.4 Å². The highest BCUT2D eigenvalue weighted by molar-refractivity contribution is 7.21. The minimum Gasteiger partial charge on any atom is -0.354 e. The molecule has 3 heteroatoms. The van der Waals surface area contributed by atoms with Gasteiger partial charge < -0.3 is 4.98 Å². The van der Waals surface area contributed by atoms with Crippen LogP contribution in [0, 0.1) is 41.5 Å². The fraction of sp³-hybridized carbons (Fsp3) is 0.162. The van der Waals surface area contributed by atoms with Gasteiger partial charge in [0.15, 0.2) is 0 Å². The molecule has 0 unspecified atom stereocenters. The van der Waals surface area contributed by atoms with Gasteiger partial charge in [-0.1, -0.05) is 53.6 Å². The van der Waals surface area contributed by atoms with Crippen LogP contribution in [0.4, 0.5) is 0 Å². The highest BCUT2D eigenvalue weighted by Crippen LogP contribution is 2.42. The molecule has 0 atom stereocenters. The number of aryl methyl sites for hydroxylation is 6. The molecule has 7 aromatic rings. The van der Waals surface area contributed by atoms with Gasteiger partial charge in [0.2, 0.25) is 0 Å². The van der Waals surface area contributed by atoms with E-state index in [0.29, 0.717) is 0 Å². The van der Waals surface area contributed by atoms with E-state index in [0.717, 1.165) is 27.1 Å². The minimum absolute atomic E-state index is 1.05. The molecule has 0 aliphatic carbocycles. The molecule has 2 heterocycles. The Morgan fingerprint density at radius 1 is 0.600 bits per heavy atom. The Hall–Kier alpha value is -4.21. The molecular weight excluding hydrogens is 504 g/mol. The summed E-state index contributed by atoms with van der Waals surface area (Å²) >= 11 is 1.76. The van der Waals surface area contributed by atoms with Crippen molar-refractivity contribution in [1.29, 1.82) is 0 Å². The van der Waals surface area contributed by atoms with Crippen LogP contribution in [0.2, 0.25) is 0 Å². The number of rotatable bonds is 3. The zero-order valence-corrected chi connectivity index (χ0v) is 24.7. The summed E-state index contributed by atoms with van der Waals surface area (Å²) in [4.78, 5) is 8.88. The molecule has 1 N–H and O–H groups in total. The molecule has 2 aromatic heterocycles. The minimum atomic E-state index is 1.05. The number of benzene rings is 5. The predicted octanol–water partition coefficient (Wildman–Crippen LogP) is 10.8. The van der Waals surface area contributed by atoms with Gasteiger partial charge in [-0.05, 0) is 122 Å². The van der Waals surface area contributed by atoms with Gasteiger partial charge >= 0.3 is 0 Å². The average molecular weight is 537 g/mol. The molecule has 0 spiro atoms. The van der Waals surface area contributed by atoms with Gasteiger partial charge in [-0.15, -0.1) is 11.3 Å². The molecule has 40 heavy (non-hydrogen) atoms. The first-order valence-corrected chi connectivity index (χ1v) is 14.7. The molecule has 0 fully saturated rings. The summed E-state index contributed by atoms with van der Waals surface area (Å²) in [7, 11) is 0. The first kappa shape index (κ1) is 24.8. The smallest absolute Gasteiger partial charge is 0.126 e. The van der Waals surface area contributed by atoms with E-state index in [1.165, 1.54) is 71.1 Å². The van der Waals surface area contributed by atoms with Crippen LogP contribution in [0.1, 0.15) is 33.4 Å².